The fraction of sp³-hybridized carbons (Fsp3) is 0.667. The molecule has 0 aromatic carbocycles. The molecular formula is C9H16O2. The highest BCUT2D eigenvalue weighted by Crippen LogP contribution is 2.10. The van der Waals surface area contributed by atoms with Gasteiger partial charge in [0, 0.05) is 0 Å². The predicted molar refractivity (Wildman–Crippen MR) is 45.4 cm³/mol. The predicted octanol–water partition coefficient (Wildman–Crippen LogP) is 1.68. The summed E-state index contributed by atoms with van der Waals surface area (Å²) in [4.78, 5) is 10.3. The maximum atomic E-state index is 10.3. The van der Waals surface area contributed by atoms with Crippen molar-refractivity contribution < 1.29 is 9.90 Å². The van der Waals surface area contributed by atoms with Gasteiger partial charge in [0.1, 0.15) is 6.29 Å². The Morgan fingerprint density at radius 3 is 2.45 bits per heavy atom. The minimum atomic E-state index is -0.301. The lowest BCUT2D eigenvalue weighted by Gasteiger charge is -2.08. The van der Waals surface area contributed by atoms with Crippen LogP contribution in [0.1, 0.15) is 33.6 Å². The Kier molecular flexibility index (Phi) is 4.79. The van der Waals surface area contributed by atoms with E-state index in [1.807, 2.05) is 13.8 Å². The molecule has 0 amide bonds. The van der Waals surface area contributed by atoms with Gasteiger partial charge in [0.2, 0.25) is 0 Å². The molecule has 2 nitrogen and oxygen atoms in total. The third-order valence-electron chi connectivity index (χ3n) is 1.86. The summed E-state index contributed by atoms with van der Waals surface area (Å²) >= 11 is 0. The Labute approximate surface area is 67.9 Å². The first-order chi connectivity index (χ1) is 5.11. The van der Waals surface area contributed by atoms with Gasteiger partial charge in [-0.25, -0.2) is 0 Å². The van der Waals surface area contributed by atoms with E-state index in [-0.39, 0.29) is 6.10 Å². The first-order valence-electron chi connectivity index (χ1n) is 3.91. The minimum absolute atomic E-state index is 0.301. The van der Waals surface area contributed by atoms with Crippen LogP contribution >= 0.6 is 0 Å². The zero-order valence-electron chi connectivity index (χ0n) is 7.42. The van der Waals surface area contributed by atoms with Crippen molar-refractivity contribution in [1.82, 2.24) is 0 Å². The van der Waals surface area contributed by atoms with Crippen LogP contribution in [0.3, 0.4) is 0 Å². The van der Waals surface area contributed by atoms with Crippen LogP contribution in [-0.2, 0) is 4.79 Å². The number of hydrogen-bond acceptors (Lipinski definition) is 2. The molecule has 0 aromatic rings. The highest BCUT2D eigenvalue weighted by molar-refractivity contribution is 5.73. The molecule has 0 fully saturated rings. The van der Waals surface area contributed by atoms with E-state index < -0.39 is 0 Å². The van der Waals surface area contributed by atoms with Crippen LogP contribution in [0.2, 0.25) is 0 Å². The smallest absolute Gasteiger partial charge is 0.145 e. The highest BCUT2D eigenvalue weighted by Gasteiger charge is 2.03. The Hall–Kier alpha value is -0.630. The average Bonchev–Trinajstić information content (AvgIpc) is 2.02. The van der Waals surface area contributed by atoms with Crippen LogP contribution in [0, 0.1) is 0 Å². The van der Waals surface area contributed by atoms with E-state index in [2.05, 4.69) is 0 Å². The fourth-order valence-electron chi connectivity index (χ4n) is 0.759. The number of hydrogen-bond donors (Lipinski definition) is 1. The van der Waals surface area contributed by atoms with Crippen LogP contribution in [0.5, 0.6) is 0 Å². The van der Waals surface area contributed by atoms with Gasteiger partial charge >= 0.3 is 0 Å². The number of allylic oxidation sites excluding steroid dienone is 1. The molecular weight excluding hydrogens is 140 g/mol. The van der Waals surface area contributed by atoms with Crippen LogP contribution in [0.4, 0.5) is 0 Å². The summed E-state index contributed by atoms with van der Waals surface area (Å²) in [6, 6.07) is 0. The molecule has 0 aliphatic heterocycles. The van der Waals surface area contributed by atoms with Gasteiger partial charge in [-0.1, -0.05) is 12.5 Å². The van der Waals surface area contributed by atoms with Crippen molar-refractivity contribution in [3.63, 3.8) is 0 Å². The molecule has 0 aliphatic carbocycles. The minimum Gasteiger partial charge on any atom is -0.393 e. The van der Waals surface area contributed by atoms with Crippen molar-refractivity contribution in [2.24, 2.45) is 0 Å². The quantitative estimate of drug-likeness (QED) is 0.496. The van der Waals surface area contributed by atoms with Gasteiger partial charge in [-0.3, -0.25) is 4.79 Å². The highest BCUT2D eigenvalue weighted by atomic mass is 16.3. The van der Waals surface area contributed by atoms with Crippen LogP contribution in [0.15, 0.2) is 11.1 Å². The van der Waals surface area contributed by atoms with Crippen LogP contribution in [-0.4, -0.2) is 17.5 Å². The summed E-state index contributed by atoms with van der Waals surface area (Å²) in [5, 5.41) is 9.22. The monoisotopic (exact) mass is 156 g/mol. The Morgan fingerprint density at radius 1 is 1.55 bits per heavy atom. The SMILES string of the molecule is CCC(O)C/C(C)=C(\C)C=O. The summed E-state index contributed by atoms with van der Waals surface area (Å²) in [6.07, 6.45) is 1.88. The van der Waals surface area contributed by atoms with Gasteiger partial charge in [-0.15, -0.1) is 0 Å². The number of aldehydes is 1. The molecule has 0 heterocycles. The zero-order valence-corrected chi connectivity index (χ0v) is 7.42. The largest absolute Gasteiger partial charge is 0.393 e. The van der Waals surface area contributed by atoms with Gasteiger partial charge < -0.3 is 5.11 Å². The van der Waals surface area contributed by atoms with E-state index in [9.17, 15) is 9.90 Å². The van der Waals surface area contributed by atoms with Crippen LogP contribution < -0.4 is 0 Å². The fourth-order valence-corrected chi connectivity index (χ4v) is 0.759. The molecule has 0 aliphatic rings. The second kappa shape index (κ2) is 5.08. The summed E-state index contributed by atoms with van der Waals surface area (Å²) in [5.41, 5.74) is 1.71. The number of rotatable bonds is 4. The number of aliphatic hydroxyl groups excluding tert-OH is 1. The lowest BCUT2D eigenvalue weighted by atomic mass is 10.0. The summed E-state index contributed by atoms with van der Waals surface area (Å²) in [5.74, 6) is 0. The van der Waals surface area contributed by atoms with E-state index in [0.717, 1.165) is 23.9 Å². The second-order valence-corrected chi connectivity index (χ2v) is 2.85. The van der Waals surface area contributed by atoms with E-state index in [1.165, 1.54) is 0 Å². The normalized spacial score (nSPS) is 15.6. The van der Waals surface area contributed by atoms with Gasteiger partial charge in [0.25, 0.3) is 0 Å². The summed E-state index contributed by atoms with van der Waals surface area (Å²) in [7, 11) is 0. The topological polar surface area (TPSA) is 37.3 Å². The second-order valence-electron chi connectivity index (χ2n) is 2.85. The van der Waals surface area contributed by atoms with Gasteiger partial charge in [0.15, 0.2) is 0 Å². The van der Waals surface area contributed by atoms with Gasteiger partial charge in [0.05, 0.1) is 6.10 Å². The molecule has 0 rings (SSSR count). The third kappa shape index (κ3) is 3.94. The van der Waals surface area contributed by atoms with Crippen molar-refractivity contribution >= 4 is 6.29 Å². The van der Waals surface area contributed by atoms with E-state index in [0.29, 0.717) is 6.42 Å². The molecule has 0 aromatic heterocycles. The Bertz CT molecular complexity index is 159. The molecule has 0 bridgehead atoms. The average molecular weight is 156 g/mol. The molecule has 64 valence electrons. The van der Waals surface area contributed by atoms with Crippen molar-refractivity contribution in [3.05, 3.63) is 11.1 Å². The van der Waals surface area contributed by atoms with Crippen molar-refractivity contribution in [3.8, 4) is 0 Å². The molecule has 2 heteroatoms. The number of carbonyl (C=O) groups excluding carboxylic acids is 1. The molecule has 0 spiro atoms. The number of carbonyl (C=O) groups is 1. The van der Waals surface area contributed by atoms with Crippen LogP contribution in [0.25, 0.3) is 0 Å². The standard InChI is InChI=1S/C9H16O2/c1-4-9(11)5-7(2)8(3)6-10/h6,9,11H,4-5H2,1-3H3/b8-7+. The molecule has 1 atom stereocenters. The first-order valence-corrected chi connectivity index (χ1v) is 3.91. The van der Waals surface area contributed by atoms with Crippen molar-refractivity contribution in [1.29, 1.82) is 0 Å². The van der Waals surface area contributed by atoms with E-state index >= 15 is 0 Å². The van der Waals surface area contributed by atoms with Crippen molar-refractivity contribution in [2.45, 2.75) is 39.7 Å². The molecule has 1 unspecified atom stereocenters. The van der Waals surface area contributed by atoms with E-state index in [1.54, 1.807) is 6.92 Å². The Morgan fingerprint density at radius 2 is 2.09 bits per heavy atom. The summed E-state index contributed by atoms with van der Waals surface area (Å²) in [6.45, 7) is 5.57. The lowest BCUT2D eigenvalue weighted by molar-refractivity contribution is -0.104. The van der Waals surface area contributed by atoms with Crippen molar-refractivity contribution in [2.75, 3.05) is 0 Å². The van der Waals surface area contributed by atoms with Gasteiger partial charge in [-0.05, 0) is 32.3 Å². The zero-order chi connectivity index (χ0) is 8.85. The number of aliphatic hydroxyl groups is 1. The first kappa shape index (κ1) is 10.4. The van der Waals surface area contributed by atoms with Gasteiger partial charge in [-0.2, -0.15) is 0 Å². The maximum absolute atomic E-state index is 10.3. The summed E-state index contributed by atoms with van der Waals surface area (Å²) < 4.78 is 0. The molecule has 11 heavy (non-hydrogen) atoms. The third-order valence-corrected chi connectivity index (χ3v) is 1.86. The molecule has 0 saturated heterocycles. The molecule has 1 N–H and O–H groups in total. The Balaban J connectivity index is 4.04. The molecule has 0 radical (unpaired) electrons. The molecule has 0 saturated carbocycles. The maximum Gasteiger partial charge on any atom is 0.145 e. The van der Waals surface area contributed by atoms with E-state index in [4.69, 9.17) is 0 Å². The lowest BCUT2D eigenvalue weighted by Crippen LogP contribution is -2.05.